The Hall–Kier alpha value is -1.96. The third kappa shape index (κ3) is 4.77. The fourth-order valence-corrected chi connectivity index (χ4v) is 3.12. The van der Waals surface area contributed by atoms with Crippen LogP contribution in [0.1, 0.15) is 22.8 Å². The average Bonchev–Trinajstić information content (AvgIpc) is 2.55. The molecule has 2 aromatic carbocycles. The molecule has 0 N–H and O–H groups in total. The van der Waals surface area contributed by atoms with Crippen LogP contribution in [0, 0.1) is 6.92 Å². The van der Waals surface area contributed by atoms with E-state index in [0.29, 0.717) is 16.9 Å². The molecule has 0 bridgehead atoms. The van der Waals surface area contributed by atoms with E-state index in [-0.39, 0.29) is 16.7 Å². The van der Waals surface area contributed by atoms with Crippen molar-refractivity contribution in [1.82, 2.24) is 0 Å². The van der Waals surface area contributed by atoms with Gasteiger partial charge >= 0.3 is 0 Å². The van der Waals surface area contributed by atoms with Crippen molar-refractivity contribution in [2.45, 2.75) is 13.8 Å². The first-order valence-corrected chi connectivity index (χ1v) is 9.13. The first kappa shape index (κ1) is 18.4. The molecule has 0 spiro atoms. The molecular formula is C17H16NO4S2-. The maximum atomic E-state index is 12.0. The van der Waals surface area contributed by atoms with Gasteiger partial charge in [0, 0.05) is 12.5 Å². The molecule has 126 valence electrons. The second-order valence-corrected chi connectivity index (χ2v) is 7.05. The Kier molecular flexibility index (Phi) is 6.30. The van der Waals surface area contributed by atoms with Crippen molar-refractivity contribution in [3.63, 3.8) is 0 Å². The highest BCUT2D eigenvalue weighted by molar-refractivity contribution is 8.14. The van der Waals surface area contributed by atoms with Gasteiger partial charge in [0.2, 0.25) is 0 Å². The first-order chi connectivity index (χ1) is 11.4. The van der Waals surface area contributed by atoms with Gasteiger partial charge < -0.3 is 4.55 Å². The van der Waals surface area contributed by atoms with Gasteiger partial charge in [0.1, 0.15) is 0 Å². The van der Waals surface area contributed by atoms with E-state index in [1.54, 1.807) is 36.4 Å². The van der Waals surface area contributed by atoms with Crippen molar-refractivity contribution >= 4 is 45.3 Å². The van der Waals surface area contributed by atoms with Crippen molar-refractivity contribution < 1.29 is 18.4 Å². The van der Waals surface area contributed by atoms with Gasteiger partial charge in [0.25, 0.3) is 0 Å². The molecule has 0 amide bonds. The molecule has 0 aliphatic rings. The zero-order valence-electron chi connectivity index (χ0n) is 13.2. The lowest BCUT2D eigenvalue weighted by Crippen LogP contribution is -2.19. The summed E-state index contributed by atoms with van der Waals surface area (Å²) in [6, 6.07) is 13.3. The quantitative estimate of drug-likeness (QED) is 0.581. The van der Waals surface area contributed by atoms with Gasteiger partial charge in [-0.3, -0.25) is 18.1 Å². The minimum Gasteiger partial charge on any atom is -0.755 e. The molecule has 1 atom stereocenters. The van der Waals surface area contributed by atoms with Gasteiger partial charge in [0.15, 0.2) is 10.9 Å². The highest BCUT2D eigenvalue weighted by atomic mass is 32.2. The van der Waals surface area contributed by atoms with E-state index in [9.17, 15) is 18.4 Å². The number of ketones is 1. The molecule has 5 nitrogen and oxygen atoms in total. The number of hydrogen-bond donors (Lipinski definition) is 0. The molecule has 7 heteroatoms. The highest BCUT2D eigenvalue weighted by Gasteiger charge is 2.12. The molecule has 0 fully saturated rings. The molecule has 1 unspecified atom stereocenters. The van der Waals surface area contributed by atoms with Crippen LogP contribution < -0.4 is 4.31 Å². The molecule has 0 heterocycles. The largest absolute Gasteiger partial charge is 0.755 e. The number of rotatable bonds is 6. The number of nitrogens with zero attached hydrogens (tertiary/aromatic N) is 1. The second-order valence-electron chi connectivity index (χ2n) is 5.10. The van der Waals surface area contributed by atoms with E-state index in [1.165, 1.54) is 6.92 Å². The molecule has 2 aromatic rings. The van der Waals surface area contributed by atoms with Crippen LogP contribution in [0.25, 0.3) is 0 Å². The molecular weight excluding hydrogens is 346 g/mol. The fourth-order valence-electron chi connectivity index (χ4n) is 2.03. The van der Waals surface area contributed by atoms with Gasteiger partial charge in [-0.2, -0.15) is 0 Å². The van der Waals surface area contributed by atoms with Crippen LogP contribution in [0.3, 0.4) is 0 Å². The molecule has 24 heavy (non-hydrogen) atoms. The predicted octanol–water partition coefficient (Wildman–Crippen LogP) is 3.39. The number of carbonyl (C=O) groups is 2. The van der Waals surface area contributed by atoms with Gasteiger partial charge in [0.05, 0.1) is 28.4 Å². The Morgan fingerprint density at radius 2 is 1.54 bits per heavy atom. The predicted molar refractivity (Wildman–Crippen MR) is 96.1 cm³/mol. The maximum absolute atomic E-state index is 12.0. The molecule has 0 aromatic heterocycles. The minimum atomic E-state index is -2.49. The number of hydrogen-bond acceptors (Lipinski definition) is 5. The minimum absolute atomic E-state index is 0.0733. The highest BCUT2D eigenvalue weighted by Crippen LogP contribution is 2.27. The second kappa shape index (κ2) is 8.23. The lowest BCUT2D eigenvalue weighted by molar-refractivity contribution is -0.109. The van der Waals surface area contributed by atoms with Crippen molar-refractivity contribution in [3.05, 3.63) is 59.7 Å². The van der Waals surface area contributed by atoms with Gasteiger partial charge in [-0.15, -0.1) is 0 Å². The number of carbonyl (C=O) groups excluding carboxylic acids is 2. The zero-order valence-corrected chi connectivity index (χ0v) is 14.9. The van der Waals surface area contributed by atoms with Crippen LogP contribution in [0.5, 0.6) is 0 Å². The summed E-state index contributed by atoms with van der Waals surface area (Å²) in [6.45, 7) is 3.33. The molecule has 0 saturated heterocycles. The fraction of sp³-hybridized carbons (Fsp3) is 0.176. The molecule has 2 rings (SSSR count). The monoisotopic (exact) mass is 362 g/mol. The summed E-state index contributed by atoms with van der Waals surface area (Å²) in [6.07, 6.45) is 0. The number of benzene rings is 2. The number of aryl methyl sites for hydroxylation is 1. The summed E-state index contributed by atoms with van der Waals surface area (Å²) >= 11 is -1.54. The smallest absolute Gasteiger partial charge is 0.186 e. The lowest BCUT2D eigenvalue weighted by atomic mass is 10.1. The lowest BCUT2D eigenvalue weighted by Gasteiger charge is -2.26. The Bertz CT molecular complexity index is 757. The van der Waals surface area contributed by atoms with Crippen molar-refractivity contribution in [1.29, 1.82) is 0 Å². The van der Waals surface area contributed by atoms with Crippen molar-refractivity contribution in [3.8, 4) is 0 Å². The van der Waals surface area contributed by atoms with Crippen LogP contribution in [-0.4, -0.2) is 25.4 Å². The molecule has 0 saturated carbocycles. The van der Waals surface area contributed by atoms with E-state index in [1.807, 2.05) is 19.1 Å². The number of thioether (sulfide) groups is 1. The topological polar surface area (TPSA) is 77.5 Å². The van der Waals surface area contributed by atoms with Crippen LogP contribution in [-0.2, 0) is 16.1 Å². The SMILES string of the molecule is CC(=O)SCC(=O)c1ccc(N(c2ccc(C)cc2)S(=O)[O-])cc1. The summed E-state index contributed by atoms with van der Waals surface area (Å²) in [7, 11) is 0. The van der Waals surface area contributed by atoms with E-state index in [4.69, 9.17) is 0 Å². The molecule has 0 radical (unpaired) electrons. The summed E-state index contributed by atoms with van der Waals surface area (Å²) in [5.74, 6) is -0.101. The average molecular weight is 362 g/mol. The van der Waals surface area contributed by atoms with E-state index >= 15 is 0 Å². The van der Waals surface area contributed by atoms with Crippen LogP contribution >= 0.6 is 11.8 Å². The van der Waals surface area contributed by atoms with Crippen molar-refractivity contribution in [2.75, 3.05) is 10.1 Å². The maximum Gasteiger partial charge on any atom is 0.186 e. The zero-order chi connectivity index (χ0) is 17.7. The number of Topliss-reactive ketones (excluding diaryl/α,β-unsaturated/α-hetero) is 1. The molecule has 0 aliphatic heterocycles. The Morgan fingerprint density at radius 3 is 2.00 bits per heavy atom. The summed E-state index contributed by atoms with van der Waals surface area (Å²) in [5.41, 5.74) is 2.41. The summed E-state index contributed by atoms with van der Waals surface area (Å²) in [5, 5.41) is -0.118. The van der Waals surface area contributed by atoms with Crippen LogP contribution in [0.2, 0.25) is 0 Å². The summed E-state index contributed by atoms with van der Waals surface area (Å²) in [4.78, 5) is 22.9. The van der Waals surface area contributed by atoms with E-state index < -0.39 is 11.3 Å². The summed E-state index contributed by atoms with van der Waals surface area (Å²) < 4.78 is 24.4. The normalized spacial score (nSPS) is 11.8. The van der Waals surface area contributed by atoms with E-state index in [0.717, 1.165) is 21.6 Å². The van der Waals surface area contributed by atoms with Crippen LogP contribution in [0.15, 0.2) is 48.5 Å². The van der Waals surface area contributed by atoms with Gasteiger partial charge in [-0.1, -0.05) is 29.5 Å². The van der Waals surface area contributed by atoms with Gasteiger partial charge in [-0.05, 0) is 43.3 Å². The molecule has 0 aliphatic carbocycles. The van der Waals surface area contributed by atoms with E-state index in [2.05, 4.69) is 0 Å². The van der Waals surface area contributed by atoms with Crippen molar-refractivity contribution in [2.24, 2.45) is 0 Å². The standard InChI is InChI=1S/C17H17NO4S2/c1-12-3-7-15(8-4-12)18(24(21)22)16-9-5-14(6-10-16)17(20)11-23-13(2)19/h3-10H,11H2,1-2H3,(H,21,22)/p-1. The van der Waals surface area contributed by atoms with Crippen LogP contribution in [0.4, 0.5) is 11.4 Å². The Labute approximate surface area is 147 Å². The Balaban J connectivity index is 2.23. The van der Waals surface area contributed by atoms with Gasteiger partial charge in [-0.25, -0.2) is 0 Å². The third-order valence-corrected chi connectivity index (χ3v) is 4.78. The Morgan fingerprint density at radius 1 is 1.04 bits per heavy atom. The number of anilines is 2. The first-order valence-electron chi connectivity index (χ1n) is 7.11. The third-order valence-electron chi connectivity index (χ3n) is 3.25.